The zero-order valence-corrected chi connectivity index (χ0v) is 10.7. The third-order valence-electron chi connectivity index (χ3n) is 3.16. The molecular weight excluding hydrogens is 236 g/mol. The second-order valence-corrected chi connectivity index (χ2v) is 5.05. The second kappa shape index (κ2) is 5.07. The van der Waals surface area contributed by atoms with Crippen molar-refractivity contribution in [2.45, 2.75) is 25.8 Å². The molecule has 1 aromatic rings. The summed E-state index contributed by atoms with van der Waals surface area (Å²) in [5, 5.41) is 0.661. The van der Waals surface area contributed by atoms with Gasteiger partial charge >= 0.3 is 0 Å². The second-order valence-electron chi connectivity index (χ2n) is 4.61. The van der Waals surface area contributed by atoms with Crippen LogP contribution in [-0.4, -0.2) is 29.9 Å². The maximum absolute atomic E-state index is 12.3. The third kappa shape index (κ3) is 2.79. The van der Waals surface area contributed by atoms with E-state index >= 15 is 0 Å². The minimum atomic E-state index is 0.0642. The first-order chi connectivity index (χ1) is 8.08. The number of carbonyl (C=O) groups is 1. The highest BCUT2D eigenvalue weighted by Gasteiger charge is 2.23. The molecule has 92 valence electrons. The van der Waals surface area contributed by atoms with Gasteiger partial charge in [0.05, 0.1) is 0 Å². The Morgan fingerprint density at radius 2 is 2.29 bits per heavy atom. The molecule has 0 aromatic heterocycles. The Labute approximate surface area is 107 Å². The lowest BCUT2D eigenvalue weighted by molar-refractivity contribution is 0.0708. The Morgan fingerprint density at radius 1 is 1.53 bits per heavy atom. The van der Waals surface area contributed by atoms with Crippen LogP contribution in [0.4, 0.5) is 0 Å². The summed E-state index contributed by atoms with van der Waals surface area (Å²) in [5.74, 6) is 0.0642. The van der Waals surface area contributed by atoms with Crippen LogP contribution in [0.2, 0.25) is 5.02 Å². The van der Waals surface area contributed by atoms with E-state index in [-0.39, 0.29) is 11.9 Å². The van der Waals surface area contributed by atoms with Gasteiger partial charge in [0.2, 0.25) is 0 Å². The summed E-state index contributed by atoms with van der Waals surface area (Å²) in [5.41, 5.74) is 7.53. The van der Waals surface area contributed by atoms with Crippen LogP contribution in [0, 0.1) is 6.92 Å². The normalized spacial score (nSPS) is 20.4. The Balaban J connectivity index is 2.18. The van der Waals surface area contributed by atoms with Gasteiger partial charge in [-0.05, 0) is 43.5 Å². The standard InChI is InChI=1S/C13H17ClN2O/c1-9-7-10(14)4-5-12(9)13(17)16-6-2-3-11(15)8-16/h4-5,7,11H,2-3,6,8,15H2,1H3/t11-/m1/s1. The smallest absolute Gasteiger partial charge is 0.254 e. The van der Waals surface area contributed by atoms with Crippen molar-refractivity contribution in [2.24, 2.45) is 5.73 Å². The lowest BCUT2D eigenvalue weighted by Crippen LogP contribution is -2.45. The highest BCUT2D eigenvalue weighted by molar-refractivity contribution is 6.30. The molecule has 1 heterocycles. The molecule has 1 aliphatic rings. The van der Waals surface area contributed by atoms with E-state index in [0.29, 0.717) is 11.6 Å². The van der Waals surface area contributed by atoms with Crippen LogP contribution < -0.4 is 5.73 Å². The molecule has 0 saturated carbocycles. The summed E-state index contributed by atoms with van der Waals surface area (Å²) >= 11 is 5.89. The first kappa shape index (κ1) is 12.4. The molecule has 1 saturated heterocycles. The lowest BCUT2D eigenvalue weighted by atomic mass is 10.0. The van der Waals surface area contributed by atoms with Crippen molar-refractivity contribution in [2.75, 3.05) is 13.1 Å². The molecule has 2 rings (SSSR count). The molecule has 1 aliphatic heterocycles. The molecule has 17 heavy (non-hydrogen) atoms. The van der Waals surface area contributed by atoms with Crippen molar-refractivity contribution in [1.29, 1.82) is 0 Å². The maximum atomic E-state index is 12.3. The molecule has 0 spiro atoms. The zero-order chi connectivity index (χ0) is 12.4. The Kier molecular flexibility index (Phi) is 3.69. The van der Waals surface area contributed by atoms with Gasteiger partial charge in [-0.3, -0.25) is 4.79 Å². The van der Waals surface area contributed by atoms with E-state index in [2.05, 4.69) is 0 Å². The van der Waals surface area contributed by atoms with E-state index in [4.69, 9.17) is 17.3 Å². The van der Waals surface area contributed by atoms with Gasteiger partial charge in [0, 0.05) is 29.7 Å². The fourth-order valence-corrected chi connectivity index (χ4v) is 2.46. The van der Waals surface area contributed by atoms with E-state index in [9.17, 15) is 4.79 Å². The SMILES string of the molecule is Cc1cc(Cl)ccc1C(=O)N1CCC[C@@H](N)C1. The fraction of sp³-hybridized carbons (Fsp3) is 0.462. The van der Waals surface area contributed by atoms with Gasteiger partial charge < -0.3 is 10.6 Å². The van der Waals surface area contributed by atoms with Crippen LogP contribution in [-0.2, 0) is 0 Å². The molecule has 1 amide bonds. The summed E-state index contributed by atoms with van der Waals surface area (Å²) in [6.07, 6.45) is 1.99. The first-order valence-corrected chi connectivity index (χ1v) is 6.26. The van der Waals surface area contributed by atoms with Crippen LogP contribution in [0.3, 0.4) is 0 Å². The molecule has 1 aromatic carbocycles. The molecule has 0 unspecified atom stereocenters. The number of benzene rings is 1. The molecular formula is C13H17ClN2O. The highest BCUT2D eigenvalue weighted by Crippen LogP contribution is 2.19. The van der Waals surface area contributed by atoms with Crippen molar-refractivity contribution < 1.29 is 4.79 Å². The zero-order valence-electron chi connectivity index (χ0n) is 9.95. The molecule has 1 atom stereocenters. The average Bonchev–Trinajstić information content (AvgIpc) is 2.28. The van der Waals surface area contributed by atoms with Crippen LogP contribution in [0.25, 0.3) is 0 Å². The molecule has 0 aliphatic carbocycles. The number of halogens is 1. The summed E-state index contributed by atoms with van der Waals surface area (Å²) in [6.45, 7) is 3.36. The molecule has 0 bridgehead atoms. The van der Waals surface area contributed by atoms with Crippen LogP contribution in [0.15, 0.2) is 18.2 Å². The third-order valence-corrected chi connectivity index (χ3v) is 3.40. The predicted molar refractivity (Wildman–Crippen MR) is 69.3 cm³/mol. The van der Waals surface area contributed by atoms with Gasteiger partial charge in [0.1, 0.15) is 0 Å². The number of hydrogen-bond acceptors (Lipinski definition) is 2. The molecule has 0 radical (unpaired) electrons. The number of nitrogens with zero attached hydrogens (tertiary/aromatic N) is 1. The van der Waals surface area contributed by atoms with Gasteiger partial charge in [-0.1, -0.05) is 11.6 Å². The number of hydrogen-bond donors (Lipinski definition) is 1. The number of piperidine rings is 1. The van der Waals surface area contributed by atoms with E-state index in [1.807, 2.05) is 17.9 Å². The number of nitrogens with two attached hydrogens (primary N) is 1. The van der Waals surface area contributed by atoms with Crippen molar-refractivity contribution in [3.8, 4) is 0 Å². The van der Waals surface area contributed by atoms with Gasteiger partial charge in [0.25, 0.3) is 5.91 Å². The number of carbonyl (C=O) groups excluding carboxylic acids is 1. The fourth-order valence-electron chi connectivity index (χ4n) is 2.23. The van der Waals surface area contributed by atoms with E-state index < -0.39 is 0 Å². The first-order valence-electron chi connectivity index (χ1n) is 5.89. The quantitative estimate of drug-likeness (QED) is 0.833. The predicted octanol–water partition coefficient (Wildman–Crippen LogP) is 2.21. The molecule has 3 nitrogen and oxygen atoms in total. The Hall–Kier alpha value is -1.06. The number of likely N-dealkylation sites (tertiary alicyclic amines) is 1. The molecule has 2 N–H and O–H groups in total. The van der Waals surface area contributed by atoms with Crippen LogP contribution >= 0.6 is 11.6 Å². The van der Waals surface area contributed by atoms with E-state index in [0.717, 1.165) is 30.5 Å². The number of amides is 1. The molecule has 4 heteroatoms. The van der Waals surface area contributed by atoms with Crippen LogP contribution in [0.5, 0.6) is 0 Å². The van der Waals surface area contributed by atoms with Gasteiger partial charge in [0.15, 0.2) is 0 Å². The van der Waals surface area contributed by atoms with E-state index in [1.165, 1.54) is 0 Å². The minimum absolute atomic E-state index is 0.0642. The van der Waals surface area contributed by atoms with Crippen molar-refractivity contribution in [3.63, 3.8) is 0 Å². The van der Waals surface area contributed by atoms with E-state index in [1.54, 1.807) is 12.1 Å². The Morgan fingerprint density at radius 3 is 2.94 bits per heavy atom. The number of rotatable bonds is 1. The lowest BCUT2D eigenvalue weighted by Gasteiger charge is -2.31. The summed E-state index contributed by atoms with van der Waals surface area (Å²) in [4.78, 5) is 14.1. The van der Waals surface area contributed by atoms with Gasteiger partial charge in [-0.2, -0.15) is 0 Å². The Bertz CT molecular complexity index is 433. The molecule has 1 fully saturated rings. The summed E-state index contributed by atoms with van der Waals surface area (Å²) in [7, 11) is 0. The summed E-state index contributed by atoms with van der Waals surface area (Å²) < 4.78 is 0. The summed E-state index contributed by atoms with van der Waals surface area (Å²) in [6, 6.07) is 5.48. The van der Waals surface area contributed by atoms with Gasteiger partial charge in [-0.15, -0.1) is 0 Å². The minimum Gasteiger partial charge on any atom is -0.337 e. The highest BCUT2D eigenvalue weighted by atomic mass is 35.5. The largest absolute Gasteiger partial charge is 0.337 e. The monoisotopic (exact) mass is 252 g/mol. The van der Waals surface area contributed by atoms with Crippen molar-refractivity contribution in [1.82, 2.24) is 4.90 Å². The van der Waals surface area contributed by atoms with Crippen molar-refractivity contribution in [3.05, 3.63) is 34.3 Å². The van der Waals surface area contributed by atoms with Crippen molar-refractivity contribution >= 4 is 17.5 Å². The average molecular weight is 253 g/mol. The maximum Gasteiger partial charge on any atom is 0.254 e. The topological polar surface area (TPSA) is 46.3 Å². The van der Waals surface area contributed by atoms with Gasteiger partial charge in [-0.25, -0.2) is 0 Å². The van der Waals surface area contributed by atoms with Crippen LogP contribution in [0.1, 0.15) is 28.8 Å². The number of aryl methyl sites for hydroxylation is 1.